The van der Waals surface area contributed by atoms with Crippen molar-refractivity contribution in [2.75, 3.05) is 25.0 Å². The average Bonchev–Trinajstić information content (AvgIpc) is 2.98. The van der Waals surface area contributed by atoms with Gasteiger partial charge in [0.05, 0.1) is 11.7 Å². The number of nitrogens with one attached hydrogen (secondary N) is 3. The zero-order valence-electron chi connectivity index (χ0n) is 13.8. The van der Waals surface area contributed by atoms with Gasteiger partial charge in [-0.2, -0.15) is 0 Å². The van der Waals surface area contributed by atoms with Gasteiger partial charge >= 0.3 is 6.03 Å². The van der Waals surface area contributed by atoms with Crippen LogP contribution in [0.1, 0.15) is 13.3 Å². The molecule has 0 aliphatic carbocycles. The van der Waals surface area contributed by atoms with Crippen molar-refractivity contribution in [2.24, 2.45) is 0 Å². The van der Waals surface area contributed by atoms with Crippen molar-refractivity contribution in [3.8, 4) is 0 Å². The maximum atomic E-state index is 12.0. The quantitative estimate of drug-likeness (QED) is 0.786. The van der Waals surface area contributed by atoms with E-state index in [-0.39, 0.29) is 18.1 Å². The van der Waals surface area contributed by atoms with Gasteiger partial charge in [-0.1, -0.05) is 12.6 Å². The molecule has 24 heavy (non-hydrogen) atoms. The summed E-state index contributed by atoms with van der Waals surface area (Å²) in [6, 6.07) is 5.53. The lowest BCUT2D eigenvalue weighted by atomic mass is 10.2. The number of ether oxygens (including phenoxy) is 1. The number of morpholine rings is 1. The van der Waals surface area contributed by atoms with Gasteiger partial charge in [0.15, 0.2) is 5.76 Å². The largest absolute Gasteiger partial charge is 0.488 e. The number of anilines is 1. The van der Waals surface area contributed by atoms with Crippen LogP contribution in [0.2, 0.25) is 0 Å². The van der Waals surface area contributed by atoms with Crippen molar-refractivity contribution in [1.82, 2.24) is 20.5 Å². The van der Waals surface area contributed by atoms with E-state index >= 15 is 0 Å². The molecule has 2 aliphatic rings. The van der Waals surface area contributed by atoms with Crippen LogP contribution in [0.5, 0.6) is 0 Å². The number of carbonyl (C=O) groups excluding carboxylic acids is 1. The molecule has 0 unspecified atom stereocenters. The number of aromatic nitrogens is 1. The van der Waals surface area contributed by atoms with Crippen LogP contribution >= 0.6 is 0 Å². The minimum absolute atomic E-state index is 0.0919. The van der Waals surface area contributed by atoms with Crippen LogP contribution in [0.3, 0.4) is 0 Å². The Morgan fingerprint density at radius 3 is 3.17 bits per heavy atom. The lowest BCUT2D eigenvalue weighted by Gasteiger charge is -2.27. The van der Waals surface area contributed by atoms with Crippen molar-refractivity contribution in [2.45, 2.75) is 25.4 Å². The molecule has 128 valence electrons. The van der Waals surface area contributed by atoms with Crippen LogP contribution in [-0.4, -0.2) is 47.7 Å². The number of nitrogens with zero attached hydrogens (tertiary/aromatic N) is 2. The molecule has 2 atom stereocenters. The smallest absolute Gasteiger partial charge is 0.320 e. The van der Waals surface area contributed by atoms with Gasteiger partial charge in [-0.25, -0.2) is 9.78 Å². The molecule has 0 spiro atoms. The Kier molecular flexibility index (Phi) is 4.88. The summed E-state index contributed by atoms with van der Waals surface area (Å²) >= 11 is 0. The number of hydrogen-bond donors (Lipinski definition) is 3. The monoisotopic (exact) mass is 329 g/mol. The van der Waals surface area contributed by atoms with Gasteiger partial charge in [0.25, 0.3) is 0 Å². The van der Waals surface area contributed by atoms with E-state index in [9.17, 15) is 4.79 Å². The molecule has 0 bridgehead atoms. The van der Waals surface area contributed by atoms with Gasteiger partial charge in [0.1, 0.15) is 12.4 Å². The summed E-state index contributed by atoms with van der Waals surface area (Å²) < 4.78 is 5.71. The Balaban J connectivity index is 1.49. The van der Waals surface area contributed by atoms with Crippen molar-refractivity contribution < 1.29 is 9.53 Å². The van der Waals surface area contributed by atoms with E-state index in [4.69, 9.17) is 4.74 Å². The van der Waals surface area contributed by atoms with E-state index in [0.29, 0.717) is 12.4 Å². The molecule has 0 aromatic carbocycles. The molecule has 3 rings (SSSR count). The van der Waals surface area contributed by atoms with Gasteiger partial charge in [0, 0.05) is 31.5 Å². The summed E-state index contributed by atoms with van der Waals surface area (Å²) in [5.74, 6) is 1.31. The number of likely N-dealkylation sites (tertiary alicyclic amines) is 1. The van der Waals surface area contributed by atoms with Crippen molar-refractivity contribution in [3.63, 3.8) is 0 Å². The first-order chi connectivity index (χ1) is 11.6. The number of carbonyl (C=O) groups is 1. The fourth-order valence-corrected chi connectivity index (χ4v) is 2.79. The van der Waals surface area contributed by atoms with E-state index in [1.165, 1.54) is 0 Å². The third-order valence-corrected chi connectivity index (χ3v) is 3.97. The van der Waals surface area contributed by atoms with Crippen LogP contribution < -0.4 is 16.0 Å². The van der Waals surface area contributed by atoms with E-state index in [2.05, 4.69) is 39.3 Å². The molecule has 2 fully saturated rings. The lowest BCUT2D eigenvalue weighted by Crippen LogP contribution is -2.39. The molecule has 0 radical (unpaired) electrons. The van der Waals surface area contributed by atoms with Crippen LogP contribution in [-0.2, 0) is 4.74 Å². The molecular formula is C17H23N5O2. The zero-order chi connectivity index (χ0) is 16.9. The first-order valence-electron chi connectivity index (χ1n) is 8.13. The van der Waals surface area contributed by atoms with E-state index in [1.54, 1.807) is 12.3 Å². The number of urea groups is 1. The molecule has 1 aromatic heterocycles. The second-order valence-corrected chi connectivity index (χ2v) is 6.12. The minimum atomic E-state index is -0.234. The van der Waals surface area contributed by atoms with Gasteiger partial charge in [-0.15, -0.1) is 0 Å². The standard InChI is InChI=1S/C17H23N5O2/c1-12-11-24-15(13(2)19-12)10-22-8-6-14(9-22)20-17(23)21-16-5-3-4-7-18-16/h3-5,7,10,12,14,19H,2,6,8-9,11H2,1H3,(H2,18,20,21,23)/b15-10-/t12-,14+/m0/s1. The van der Waals surface area contributed by atoms with Crippen LogP contribution in [0, 0.1) is 0 Å². The molecule has 3 heterocycles. The maximum absolute atomic E-state index is 12.0. The highest BCUT2D eigenvalue weighted by atomic mass is 16.5. The number of amides is 2. The molecule has 1 aromatic rings. The third-order valence-electron chi connectivity index (χ3n) is 3.97. The lowest BCUT2D eigenvalue weighted by molar-refractivity contribution is 0.160. The van der Waals surface area contributed by atoms with E-state index in [1.807, 2.05) is 18.3 Å². The van der Waals surface area contributed by atoms with Crippen molar-refractivity contribution in [1.29, 1.82) is 0 Å². The summed E-state index contributed by atoms with van der Waals surface area (Å²) in [4.78, 5) is 18.2. The number of hydrogen-bond acceptors (Lipinski definition) is 5. The fraction of sp³-hybridized carbons (Fsp3) is 0.412. The topological polar surface area (TPSA) is 78.5 Å². The summed E-state index contributed by atoms with van der Waals surface area (Å²) in [5.41, 5.74) is 0.804. The highest BCUT2D eigenvalue weighted by Gasteiger charge is 2.24. The Morgan fingerprint density at radius 2 is 2.42 bits per heavy atom. The minimum Gasteiger partial charge on any atom is -0.488 e. The summed E-state index contributed by atoms with van der Waals surface area (Å²) in [7, 11) is 0. The molecular weight excluding hydrogens is 306 g/mol. The fourth-order valence-electron chi connectivity index (χ4n) is 2.79. The molecule has 7 nitrogen and oxygen atoms in total. The first-order valence-corrected chi connectivity index (χ1v) is 8.13. The summed E-state index contributed by atoms with van der Waals surface area (Å²) in [6.07, 6.45) is 4.50. The van der Waals surface area contributed by atoms with Crippen LogP contribution in [0.25, 0.3) is 0 Å². The highest BCUT2D eigenvalue weighted by molar-refractivity contribution is 5.88. The van der Waals surface area contributed by atoms with Gasteiger partial charge < -0.3 is 20.3 Å². The molecule has 2 aliphatic heterocycles. The Hall–Kier alpha value is -2.70. The second kappa shape index (κ2) is 7.25. The summed E-state index contributed by atoms with van der Waals surface area (Å²) in [6.45, 7) is 8.28. The number of pyridine rings is 1. The van der Waals surface area contributed by atoms with Gasteiger partial charge in [-0.05, 0) is 25.5 Å². The zero-order valence-corrected chi connectivity index (χ0v) is 13.8. The highest BCUT2D eigenvalue weighted by Crippen LogP contribution is 2.18. The van der Waals surface area contributed by atoms with E-state index < -0.39 is 0 Å². The molecule has 0 saturated carbocycles. The Bertz CT molecular complexity index is 631. The molecule has 3 N–H and O–H groups in total. The van der Waals surface area contributed by atoms with Crippen LogP contribution in [0.15, 0.2) is 48.6 Å². The van der Waals surface area contributed by atoms with Crippen LogP contribution in [0.4, 0.5) is 10.6 Å². The Labute approximate surface area is 141 Å². The first kappa shape index (κ1) is 16.2. The summed E-state index contributed by atoms with van der Waals surface area (Å²) in [5, 5.41) is 8.98. The normalized spacial score (nSPS) is 25.1. The van der Waals surface area contributed by atoms with E-state index in [0.717, 1.165) is 31.0 Å². The molecule has 7 heteroatoms. The predicted molar refractivity (Wildman–Crippen MR) is 92.1 cm³/mol. The number of rotatable bonds is 3. The van der Waals surface area contributed by atoms with Gasteiger partial charge in [0.2, 0.25) is 0 Å². The SMILES string of the molecule is C=C1N[C@@H](C)CO/C1=C\N1CC[C@@H](NC(=O)Nc2ccccn2)C1. The third kappa shape index (κ3) is 4.18. The maximum Gasteiger partial charge on any atom is 0.320 e. The second-order valence-electron chi connectivity index (χ2n) is 6.12. The molecule has 2 amide bonds. The molecule has 2 saturated heterocycles. The van der Waals surface area contributed by atoms with Crippen molar-refractivity contribution in [3.05, 3.63) is 48.6 Å². The van der Waals surface area contributed by atoms with Gasteiger partial charge in [-0.3, -0.25) is 5.32 Å². The Morgan fingerprint density at radius 1 is 1.54 bits per heavy atom. The predicted octanol–water partition coefficient (Wildman–Crippen LogP) is 1.64. The average molecular weight is 329 g/mol. The van der Waals surface area contributed by atoms with Crippen molar-refractivity contribution >= 4 is 11.8 Å².